The molecule has 0 aromatic carbocycles. The summed E-state index contributed by atoms with van der Waals surface area (Å²) in [6.45, 7) is 4.42. The second-order valence-electron chi connectivity index (χ2n) is 4.19. The summed E-state index contributed by atoms with van der Waals surface area (Å²) in [6, 6.07) is 0.438. The number of hydrogen-bond donors (Lipinski definition) is 1. The van der Waals surface area contributed by atoms with Crippen LogP contribution in [0.4, 0.5) is 0 Å². The van der Waals surface area contributed by atoms with Crippen molar-refractivity contribution in [1.29, 1.82) is 0 Å². The van der Waals surface area contributed by atoms with E-state index in [4.69, 9.17) is 0 Å². The lowest BCUT2D eigenvalue weighted by atomic mass is 9.98. The van der Waals surface area contributed by atoms with E-state index >= 15 is 0 Å². The summed E-state index contributed by atoms with van der Waals surface area (Å²) in [5.41, 5.74) is 2.96. The zero-order chi connectivity index (χ0) is 9.97. The lowest BCUT2D eigenvalue weighted by Crippen LogP contribution is -2.28. The van der Waals surface area contributed by atoms with Crippen molar-refractivity contribution in [2.45, 2.75) is 19.4 Å². The third-order valence-corrected chi connectivity index (χ3v) is 2.85. The Kier molecular flexibility index (Phi) is 2.73. The van der Waals surface area contributed by atoms with Crippen molar-refractivity contribution in [3.63, 3.8) is 0 Å². The molecule has 0 fully saturated rings. The van der Waals surface area contributed by atoms with Gasteiger partial charge in [0.25, 0.3) is 0 Å². The van der Waals surface area contributed by atoms with Gasteiger partial charge in [-0.25, -0.2) is 0 Å². The molecule has 2 aliphatic rings. The average Bonchev–Trinajstić information content (AvgIpc) is 2.15. The molecule has 76 valence electrons. The molecular weight excluding hydrogens is 172 g/mol. The van der Waals surface area contributed by atoms with Gasteiger partial charge in [0.1, 0.15) is 0 Å². The van der Waals surface area contributed by atoms with Crippen LogP contribution in [-0.2, 0) is 0 Å². The maximum Gasteiger partial charge on any atom is 0.0413 e. The number of nitrogens with one attached hydrogen (secondary N) is 1. The first-order valence-corrected chi connectivity index (χ1v) is 5.27. The Morgan fingerprint density at radius 3 is 3.07 bits per heavy atom. The SMILES string of the molecule is CC1/C=C\C2=C(/C=C\N1)CCN(C)C2. The molecule has 1 atom stereocenters. The van der Waals surface area contributed by atoms with Crippen LogP contribution in [0.2, 0.25) is 0 Å². The third-order valence-electron chi connectivity index (χ3n) is 2.85. The Morgan fingerprint density at radius 2 is 2.21 bits per heavy atom. The highest BCUT2D eigenvalue weighted by molar-refractivity contribution is 5.37. The van der Waals surface area contributed by atoms with E-state index in [0.29, 0.717) is 6.04 Å². The van der Waals surface area contributed by atoms with Crippen molar-refractivity contribution >= 4 is 0 Å². The molecule has 2 heteroatoms. The van der Waals surface area contributed by atoms with Crippen LogP contribution >= 0.6 is 0 Å². The molecule has 2 nitrogen and oxygen atoms in total. The summed E-state index contributed by atoms with van der Waals surface area (Å²) in [5.74, 6) is 0. The van der Waals surface area contributed by atoms with Crippen molar-refractivity contribution in [1.82, 2.24) is 10.2 Å². The standard InChI is InChI=1S/C12H18N2/c1-10-3-4-12-9-14(2)8-6-11(12)5-7-13-10/h3-5,7,10,13H,6,8-9H2,1-2H3/b4-3-,7-5-. The lowest BCUT2D eigenvalue weighted by Gasteiger charge is -2.26. The highest BCUT2D eigenvalue weighted by atomic mass is 15.1. The molecule has 0 aromatic rings. The van der Waals surface area contributed by atoms with Crippen LogP contribution in [0.15, 0.2) is 35.6 Å². The fourth-order valence-corrected chi connectivity index (χ4v) is 1.91. The van der Waals surface area contributed by atoms with E-state index in [-0.39, 0.29) is 0 Å². The van der Waals surface area contributed by atoms with Gasteiger partial charge in [-0.15, -0.1) is 0 Å². The van der Waals surface area contributed by atoms with Gasteiger partial charge in [0, 0.05) is 19.1 Å². The molecular formula is C12H18N2. The fourth-order valence-electron chi connectivity index (χ4n) is 1.91. The molecule has 0 aromatic heterocycles. The van der Waals surface area contributed by atoms with E-state index in [2.05, 4.69) is 48.6 Å². The number of allylic oxidation sites excluding steroid dienone is 1. The molecule has 0 bridgehead atoms. The highest BCUT2D eigenvalue weighted by Gasteiger charge is 2.13. The van der Waals surface area contributed by atoms with Crippen molar-refractivity contribution in [3.8, 4) is 0 Å². The maximum absolute atomic E-state index is 3.31. The van der Waals surface area contributed by atoms with Crippen LogP contribution in [0.1, 0.15) is 13.3 Å². The number of nitrogens with zero attached hydrogens (tertiary/aromatic N) is 1. The molecule has 2 rings (SSSR count). The van der Waals surface area contributed by atoms with E-state index in [9.17, 15) is 0 Å². The van der Waals surface area contributed by atoms with Crippen molar-refractivity contribution in [3.05, 3.63) is 35.6 Å². The van der Waals surface area contributed by atoms with Crippen molar-refractivity contribution < 1.29 is 0 Å². The monoisotopic (exact) mass is 190 g/mol. The predicted octanol–water partition coefficient (Wildman–Crippen LogP) is 1.68. The molecule has 14 heavy (non-hydrogen) atoms. The first kappa shape index (κ1) is 9.53. The number of hydrogen-bond acceptors (Lipinski definition) is 2. The molecule has 0 spiro atoms. The summed E-state index contributed by atoms with van der Waals surface area (Å²) >= 11 is 0. The zero-order valence-corrected chi connectivity index (χ0v) is 8.96. The van der Waals surface area contributed by atoms with Crippen LogP contribution in [0.5, 0.6) is 0 Å². The largest absolute Gasteiger partial charge is 0.385 e. The van der Waals surface area contributed by atoms with E-state index in [1.807, 2.05) is 0 Å². The average molecular weight is 190 g/mol. The minimum atomic E-state index is 0.438. The van der Waals surface area contributed by atoms with Gasteiger partial charge in [-0.1, -0.05) is 12.2 Å². The topological polar surface area (TPSA) is 15.3 Å². The van der Waals surface area contributed by atoms with Gasteiger partial charge in [-0.05, 0) is 43.8 Å². The van der Waals surface area contributed by atoms with Gasteiger partial charge in [-0.2, -0.15) is 0 Å². The summed E-state index contributed by atoms with van der Waals surface area (Å²) < 4.78 is 0. The molecule has 2 heterocycles. The Labute approximate surface area is 86.0 Å². The van der Waals surface area contributed by atoms with Crippen LogP contribution in [0.3, 0.4) is 0 Å². The highest BCUT2D eigenvalue weighted by Crippen LogP contribution is 2.20. The molecule has 0 saturated heterocycles. The molecule has 0 radical (unpaired) electrons. The van der Waals surface area contributed by atoms with Crippen LogP contribution in [0.25, 0.3) is 0 Å². The minimum Gasteiger partial charge on any atom is -0.385 e. The maximum atomic E-state index is 3.31. The molecule has 0 aliphatic carbocycles. The van der Waals surface area contributed by atoms with Gasteiger partial charge < -0.3 is 10.2 Å². The van der Waals surface area contributed by atoms with Gasteiger partial charge in [0.2, 0.25) is 0 Å². The second-order valence-corrected chi connectivity index (χ2v) is 4.19. The molecule has 0 amide bonds. The summed E-state index contributed by atoms with van der Waals surface area (Å²) in [4.78, 5) is 2.37. The first-order chi connectivity index (χ1) is 6.75. The second kappa shape index (κ2) is 4.01. The van der Waals surface area contributed by atoms with Gasteiger partial charge in [0.05, 0.1) is 0 Å². The van der Waals surface area contributed by atoms with E-state index in [0.717, 1.165) is 6.54 Å². The quantitative estimate of drug-likeness (QED) is 0.625. The third kappa shape index (κ3) is 2.07. The van der Waals surface area contributed by atoms with E-state index in [1.54, 1.807) is 0 Å². The smallest absolute Gasteiger partial charge is 0.0413 e. The zero-order valence-electron chi connectivity index (χ0n) is 8.96. The van der Waals surface area contributed by atoms with Crippen LogP contribution in [-0.4, -0.2) is 31.1 Å². The molecule has 0 saturated carbocycles. The van der Waals surface area contributed by atoms with Gasteiger partial charge in [-0.3, -0.25) is 0 Å². The van der Waals surface area contributed by atoms with Crippen molar-refractivity contribution in [2.75, 3.05) is 20.1 Å². The number of rotatable bonds is 0. The lowest BCUT2D eigenvalue weighted by molar-refractivity contribution is 0.353. The fraction of sp³-hybridized carbons (Fsp3) is 0.500. The summed E-state index contributed by atoms with van der Waals surface area (Å²) in [6.07, 6.45) is 9.98. The van der Waals surface area contributed by atoms with Gasteiger partial charge >= 0.3 is 0 Å². The Balaban J connectivity index is 2.25. The Morgan fingerprint density at radius 1 is 1.36 bits per heavy atom. The summed E-state index contributed by atoms with van der Waals surface area (Å²) in [5, 5.41) is 3.31. The molecule has 1 unspecified atom stereocenters. The minimum absolute atomic E-state index is 0.438. The Bertz CT molecular complexity index is 299. The normalized spacial score (nSPS) is 32.6. The number of likely N-dealkylation sites (N-methyl/N-ethyl adjacent to an activating group) is 1. The molecule has 1 N–H and O–H groups in total. The molecule has 2 aliphatic heterocycles. The Hall–Kier alpha value is -1.02. The summed E-state index contributed by atoms with van der Waals surface area (Å²) in [7, 11) is 2.18. The van der Waals surface area contributed by atoms with Crippen LogP contribution in [0, 0.1) is 0 Å². The van der Waals surface area contributed by atoms with E-state index in [1.165, 1.54) is 24.1 Å². The van der Waals surface area contributed by atoms with E-state index < -0.39 is 0 Å². The first-order valence-electron chi connectivity index (χ1n) is 5.27. The van der Waals surface area contributed by atoms with Gasteiger partial charge in [0.15, 0.2) is 0 Å². The van der Waals surface area contributed by atoms with Crippen molar-refractivity contribution in [2.24, 2.45) is 0 Å². The predicted molar refractivity (Wildman–Crippen MR) is 60.0 cm³/mol. The van der Waals surface area contributed by atoms with Crippen LogP contribution < -0.4 is 5.32 Å².